The molecule has 1 aliphatic rings. The molecule has 1 amide bonds. The van der Waals surface area contributed by atoms with Crippen LogP contribution in [0.4, 0.5) is 0 Å². The van der Waals surface area contributed by atoms with Gasteiger partial charge in [0.25, 0.3) is 0 Å². The van der Waals surface area contributed by atoms with Crippen molar-refractivity contribution in [3.8, 4) is 0 Å². The van der Waals surface area contributed by atoms with Crippen molar-refractivity contribution in [2.24, 2.45) is 5.73 Å². The molecule has 0 aromatic heterocycles. The highest BCUT2D eigenvalue weighted by molar-refractivity contribution is 5.85. The van der Waals surface area contributed by atoms with Crippen molar-refractivity contribution in [2.75, 3.05) is 13.2 Å². The first kappa shape index (κ1) is 13.5. The van der Waals surface area contributed by atoms with Crippen molar-refractivity contribution in [3.05, 3.63) is 0 Å². The molecule has 0 aromatic carbocycles. The predicted molar refractivity (Wildman–Crippen MR) is 64.1 cm³/mol. The van der Waals surface area contributed by atoms with Crippen molar-refractivity contribution in [2.45, 2.75) is 57.6 Å². The van der Waals surface area contributed by atoms with Gasteiger partial charge in [-0.25, -0.2) is 0 Å². The van der Waals surface area contributed by atoms with Gasteiger partial charge in [-0.05, 0) is 32.6 Å². The van der Waals surface area contributed by atoms with Crippen LogP contribution in [-0.4, -0.2) is 30.7 Å². The minimum Gasteiger partial charge on any atom is -0.378 e. The summed E-state index contributed by atoms with van der Waals surface area (Å²) in [7, 11) is 0. The summed E-state index contributed by atoms with van der Waals surface area (Å²) >= 11 is 0. The number of nitrogens with two attached hydrogens (primary N) is 1. The molecule has 0 radical (unpaired) electrons. The van der Waals surface area contributed by atoms with Gasteiger partial charge in [0.15, 0.2) is 0 Å². The van der Waals surface area contributed by atoms with E-state index in [4.69, 9.17) is 10.5 Å². The number of nitrogens with one attached hydrogen (secondary N) is 1. The van der Waals surface area contributed by atoms with Crippen molar-refractivity contribution in [3.63, 3.8) is 0 Å². The molecule has 0 aliphatic carbocycles. The van der Waals surface area contributed by atoms with E-state index in [1.807, 2.05) is 6.92 Å². The number of ether oxygens (including phenoxy) is 1. The van der Waals surface area contributed by atoms with Crippen LogP contribution in [0.2, 0.25) is 0 Å². The van der Waals surface area contributed by atoms with Crippen LogP contribution in [0, 0.1) is 0 Å². The average Bonchev–Trinajstić information content (AvgIpc) is 2.70. The SMILES string of the molecule is CCCC(C)(N)C(=O)NCCC1CCCO1. The minimum absolute atomic E-state index is 0.0488. The highest BCUT2D eigenvalue weighted by atomic mass is 16.5. The van der Waals surface area contributed by atoms with Gasteiger partial charge in [0.1, 0.15) is 0 Å². The second-order valence-corrected chi connectivity index (χ2v) is 4.85. The van der Waals surface area contributed by atoms with Crippen molar-refractivity contribution >= 4 is 5.91 Å². The molecule has 4 nitrogen and oxygen atoms in total. The third-order valence-corrected chi connectivity index (χ3v) is 3.06. The first-order valence-corrected chi connectivity index (χ1v) is 6.25. The second kappa shape index (κ2) is 6.21. The summed E-state index contributed by atoms with van der Waals surface area (Å²) in [5.41, 5.74) is 5.19. The molecule has 16 heavy (non-hydrogen) atoms. The number of rotatable bonds is 6. The maximum atomic E-state index is 11.8. The Morgan fingerprint density at radius 3 is 2.94 bits per heavy atom. The molecule has 94 valence electrons. The Morgan fingerprint density at radius 2 is 2.38 bits per heavy atom. The Kier molecular flexibility index (Phi) is 5.22. The lowest BCUT2D eigenvalue weighted by Gasteiger charge is -2.23. The molecule has 1 heterocycles. The monoisotopic (exact) mass is 228 g/mol. The molecule has 0 spiro atoms. The van der Waals surface area contributed by atoms with Crippen LogP contribution < -0.4 is 11.1 Å². The van der Waals surface area contributed by atoms with Crippen LogP contribution in [0.15, 0.2) is 0 Å². The van der Waals surface area contributed by atoms with E-state index in [2.05, 4.69) is 5.32 Å². The Hall–Kier alpha value is -0.610. The van der Waals surface area contributed by atoms with Crippen molar-refractivity contribution < 1.29 is 9.53 Å². The average molecular weight is 228 g/mol. The van der Waals surface area contributed by atoms with Gasteiger partial charge in [-0.3, -0.25) is 4.79 Å². The second-order valence-electron chi connectivity index (χ2n) is 4.85. The van der Waals surface area contributed by atoms with Gasteiger partial charge in [0, 0.05) is 13.2 Å². The summed E-state index contributed by atoms with van der Waals surface area (Å²) in [6.45, 7) is 5.35. The maximum Gasteiger partial charge on any atom is 0.239 e. The van der Waals surface area contributed by atoms with Gasteiger partial charge in [0.05, 0.1) is 11.6 Å². The Labute approximate surface area is 97.9 Å². The van der Waals surface area contributed by atoms with Gasteiger partial charge < -0.3 is 15.8 Å². The Bertz CT molecular complexity index is 223. The predicted octanol–water partition coefficient (Wildman–Crippen LogP) is 1.19. The number of hydrogen-bond acceptors (Lipinski definition) is 3. The largest absolute Gasteiger partial charge is 0.378 e. The van der Waals surface area contributed by atoms with Crippen LogP contribution in [-0.2, 0) is 9.53 Å². The van der Waals surface area contributed by atoms with Crippen LogP contribution in [0.3, 0.4) is 0 Å². The van der Waals surface area contributed by atoms with Crippen LogP contribution in [0.5, 0.6) is 0 Å². The summed E-state index contributed by atoms with van der Waals surface area (Å²) < 4.78 is 5.49. The zero-order chi connectivity index (χ0) is 12.0. The summed E-state index contributed by atoms with van der Waals surface area (Å²) in [6.07, 6.45) is 5.13. The molecule has 2 atom stereocenters. The first-order valence-electron chi connectivity index (χ1n) is 6.25. The molecule has 4 heteroatoms. The normalized spacial score (nSPS) is 24.1. The minimum atomic E-state index is -0.731. The van der Waals surface area contributed by atoms with E-state index in [0.717, 1.165) is 38.7 Å². The van der Waals surface area contributed by atoms with Gasteiger partial charge >= 0.3 is 0 Å². The molecule has 3 N–H and O–H groups in total. The summed E-state index contributed by atoms with van der Waals surface area (Å²) in [5, 5.41) is 2.89. The molecular weight excluding hydrogens is 204 g/mol. The standard InChI is InChI=1S/C12H24N2O2/c1-3-7-12(2,13)11(15)14-8-6-10-5-4-9-16-10/h10H,3-9,13H2,1-2H3,(H,14,15). The fourth-order valence-electron chi connectivity index (χ4n) is 2.05. The number of carbonyl (C=O) groups is 1. The number of hydrogen-bond donors (Lipinski definition) is 2. The molecular formula is C12H24N2O2. The molecule has 1 saturated heterocycles. The highest BCUT2D eigenvalue weighted by Gasteiger charge is 2.26. The molecule has 0 saturated carbocycles. The number of carbonyl (C=O) groups excluding carboxylic acids is 1. The highest BCUT2D eigenvalue weighted by Crippen LogP contribution is 2.14. The molecule has 2 unspecified atom stereocenters. The summed E-state index contributed by atoms with van der Waals surface area (Å²) in [5.74, 6) is -0.0488. The molecule has 1 aliphatic heterocycles. The smallest absolute Gasteiger partial charge is 0.239 e. The van der Waals surface area contributed by atoms with Crippen LogP contribution in [0.1, 0.15) is 46.0 Å². The zero-order valence-electron chi connectivity index (χ0n) is 10.4. The van der Waals surface area contributed by atoms with Crippen LogP contribution >= 0.6 is 0 Å². The lowest BCUT2D eigenvalue weighted by Crippen LogP contribution is -2.51. The maximum absolute atomic E-state index is 11.8. The van der Waals surface area contributed by atoms with Gasteiger partial charge in [-0.1, -0.05) is 13.3 Å². The fraction of sp³-hybridized carbons (Fsp3) is 0.917. The van der Waals surface area contributed by atoms with E-state index >= 15 is 0 Å². The molecule has 1 fully saturated rings. The van der Waals surface area contributed by atoms with E-state index in [1.165, 1.54) is 0 Å². The lowest BCUT2D eigenvalue weighted by atomic mass is 9.96. The van der Waals surface area contributed by atoms with Crippen molar-refractivity contribution in [1.82, 2.24) is 5.32 Å². The Balaban J connectivity index is 2.18. The summed E-state index contributed by atoms with van der Waals surface area (Å²) in [4.78, 5) is 11.8. The topological polar surface area (TPSA) is 64.4 Å². The lowest BCUT2D eigenvalue weighted by molar-refractivity contribution is -0.126. The molecule has 0 bridgehead atoms. The summed E-state index contributed by atoms with van der Waals surface area (Å²) in [6, 6.07) is 0. The van der Waals surface area contributed by atoms with E-state index in [0.29, 0.717) is 12.6 Å². The van der Waals surface area contributed by atoms with E-state index in [9.17, 15) is 4.79 Å². The van der Waals surface area contributed by atoms with Gasteiger partial charge in [0.2, 0.25) is 5.91 Å². The van der Waals surface area contributed by atoms with Gasteiger partial charge in [-0.15, -0.1) is 0 Å². The molecule has 0 aromatic rings. The third kappa shape index (κ3) is 4.10. The van der Waals surface area contributed by atoms with E-state index in [1.54, 1.807) is 6.92 Å². The fourth-order valence-corrected chi connectivity index (χ4v) is 2.05. The van der Waals surface area contributed by atoms with Gasteiger partial charge in [-0.2, -0.15) is 0 Å². The number of amides is 1. The quantitative estimate of drug-likeness (QED) is 0.717. The molecule has 1 rings (SSSR count). The van der Waals surface area contributed by atoms with E-state index < -0.39 is 5.54 Å². The first-order chi connectivity index (χ1) is 7.56. The van der Waals surface area contributed by atoms with Crippen molar-refractivity contribution in [1.29, 1.82) is 0 Å². The third-order valence-electron chi connectivity index (χ3n) is 3.06. The zero-order valence-corrected chi connectivity index (χ0v) is 10.4. The van der Waals surface area contributed by atoms with E-state index in [-0.39, 0.29) is 5.91 Å². The van der Waals surface area contributed by atoms with Crippen LogP contribution in [0.25, 0.3) is 0 Å². The Morgan fingerprint density at radius 1 is 1.62 bits per heavy atom.